The van der Waals surface area contributed by atoms with E-state index >= 15 is 0 Å². The molecule has 0 spiro atoms. The van der Waals surface area contributed by atoms with Gasteiger partial charge < -0.3 is 14.5 Å². The van der Waals surface area contributed by atoms with Crippen molar-refractivity contribution >= 4 is 16.9 Å². The van der Waals surface area contributed by atoms with Gasteiger partial charge in [-0.15, -0.1) is 0 Å². The summed E-state index contributed by atoms with van der Waals surface area (Å²) in [6.45, 7) is 4.09. The molecule has 1 aromatic heterocycles. The Hall–Kier alpha value is -2.79. The van der Waals surface area contributed by atoms with Crippen molar-refractivity contribution in [3.8, 4) is 5.75 Å². The molecule has 5 heteroatoms. The Kier molecular flexibility index (Phi) is 4.40. The number of carbonyl (C=O) groups excluding carboxylic acids is 1. The van der Waals surface area contributed by atoms with E-state index in [1.807, 2.05) is 26.0 Å². The number of methoxy groups -OCH3 is 2. The van der Waals surface area contributed by atoms with Crippen LogP contribution in [0.5, 0.6) is 5.75 Å². The number of aromatic amines is 1. The number of para-hydroxylation sites is 1. The lowest BCUT2D eigenvalue weighted by Crippen LogP contribution is -2.45. The minimum Gasteiger partial charge on any atom is -0.496 e. The van der Waals surface area contributed by atoms with Gasteiger partial charge >= 0.3 is 5.97 Å². The van der Waals surface area contributed by atoms with Crippen LogP contribution in [0.4, 0.5) is 0 Å². The van der Waals surface area contributed by atoms with E-state index in [0.717, 1.165) is 39.0 Å². The average Bonchev–Trinajstić information content (AvgIpc) is 3.05. The monoisotopic (exact) mass is 364 g/mol. The number of ether oxygens (including phenoxy) is 2. The van der Waals surface area contributed by atoms with Gasteiger partial charge in [-0.1, -0.05) is 30.3 Å². The molecular weight excluding hydrogens is 340 g/mol. The van der Waals surface area contributed by atoms with Crippen LogP contribution in [0, 0.1) is 13.8 Å². The van der Waals surface area contributed by atoms with Crippen LogP contribution in [0.1, 0.15) is 34.0 Å². The van der Waals surface area contributed by atoms with Crippen molar-refractivity contribution in [1.29, 1.82) is 0 Å². The van der Waals surface area contributed by atoms with E-state index in [1.54, 1.807) is 7.11 Å². The van der Waals surface area contributed by atoms with E-state index in [-0.39, 0.29) is 18.1 Å². The predicted molar refractivity (Wildman–Crippen MR) is 105 cm³/mol. The molecule has 0 fully saturated rings. The number of aryl methyl sites for hydroxylation is 2. The highest BCUT2D eigenvalue weighted by molar-refractivity contribution is 5.87. The number of rotatable bonds is 3. The van der Waals surface area contributed by atoms with Crippen LogP contribution in [-0.2, 0) is 16.0 Å². The van der Waals surface area contributed by atoms with Crippen LogP contribution in [0.15, 0.2) is 36.4 Å². The van der Waals surface area contributed by atoms with Crippen molar-refractivity contribution in [2.45, 2.75) is 32.4 Å². The van der Waals surface area contributed by atoms with E-state index < -0.39 is 0 Å². The molecule has 2 heterocycles. The smallest absolute Gasteiger partial charge is 0.323 e. The van der Waals surface area contributed by atoms with E-state index in [4.69, 9.17) is 9.47 Å². The molecule has 3 aromatic rings. The quantitative estimate of drug-likeness (QED) is 0.698. The van der Waals surface area contributed by atoms with Gasteiger partial charge in [0, 0.05) is 23.0 Å². The summed E-state index contributed by atoms with van der Waals surface area (Å²) in [4.78, 5) is 15.9. The molecule has 140 valence electrons. The summed E-state index contributed by atoms with van der Waals surface area (Å²) < 4.78 is 10.5. The number of carbonyl (C=O) groups is 1. The molecule has 2 unspecified atom stereocenters. The predicted octanol–water partition coefficient (Wildman–Crippen LogP) is 3.57. The molecule has 2 atom stereocenters. The van der Waals surface area contributed by atoms with Crippen molar-refractivity contribution in [2.24, 2.45) is 0 Å². The molecule has 0 amide bonds. The molecule has 1 aliphatic rings. The maximum atomic E-state index is 12.3. The van der Waals surface area contributed by atoms with Crippen molar-refractivity contribution < 1.29 is 14.3 Å². The number of aromatic nitrogens is 1. The first-order chi connectivity index (χ1) is 13.0. The molecule has 2 aromatic carbocycles. The average molecular weight is 364 g/mol. The van der Waals surface area contributed by atoms with Gasteiger partial charge in [-0.2, -0.15) is 0 Å². The number of esters is 1. The SMILES string of the molecule is COC(=O)C1Cc2c([nH]c3ccccc23)C(c2cc(C)c(OC)c(C)c2)N1. The maximum Gasteiger partial charge on any atom is 0.323 e. The van der Waals surface area contributed by atoms with E-state index in [9.17, 15) is 4.79 Å². The zero-order chi connectivity index (χ0) is 19.1. The van der Waals surface area contributed by atoms with Crippen LogP contribution in [0.3, 0.4) is 0 Å². The van der Waals surface area contributed by atoms with E-state index in [0.29, 0.717) is 6.42 Å². The van der Waals surface area contributed by atoms with Gasteiger partial charge in [-0.25, -0.2) is 0 Å². The van der Waals surface area contributed by atoms with Crippen LogP contribution >= 0.6 is 0 Å². The lowest BCUT2D eigenvalue weighted by molar-refractivity contribution is -0.143. The second-order valence-electron chi connectivity index (χ2n) is 7.13. The van der Waals surface area contributed by atoms with E-state index in [2.05, 4.69) is 34.6 Å². The fourth-order valence-electron chi connectivity index (χ4n) is 4.26. The van der Waals surface area contributed by atoms with Crippen molar-refractivity contribution in [1.82, 2.24) is 10.3 Å². The minimum absolute atomic E-state index is 0.117. The summed E-state index contributed by atoms with van der Waals surface area (Å²) in [5, 5.41) is 4.64. The summed E-state index contributed by atoms with van der Waals surface area (Å²) >= 11 is 0. The number of hydrogen-bond acceptors (Lipinski definition) is 4. The summed E-state index contributed by atoms with van der Waals surface area (Å²) in [7, 11) is 3.13. The molecule has 0 saturated heterocycles. The van der Waals surface area contributed by atoms with Gasteiger partial charge in [-0.3, -0.25) is 10.1 Å². The lowest BCUT2D eigenvalue weighted by Gasteiger charge is -2.31. The highest BCUT2D eigenvalue weighted by Gasteiger charge is 2.34. The molecule has 0 saturated carbocycles. The standard InChI is InChI=1S/C22H24N2O3/c1-12-9-14(10-13(2)21(12)26-3)19-20-16(11-18(24-19)22(25)27-4)15-7-5-6-8-17(15)23-20/h5-10,18-19,23-24H,11H2,1-4H3. The van der Waals surface area contributed by atoms with Crippen molar-refractivity contribution in [3.05, 3.63) is 64.3 Å². The first-order valence-electron chi connectivity index (χ1n) is 9.12. The van der Waals surface area contributed by atoms with Gasteiger partial charge in [-0.05, 0) is 42.2 Å². The van der Waals surface area contributed by atoms with Crippen molar-refractivity contribution in [2.75, 3.05) is 14.2 Å². The third-order valence-electron chi connectivity index (χ3n) is 5.42. The van der Waals surface area contributed by atoms with Gasteiger partial charge in [0.2, 0.25) is 0 Å². The normalized spacial score (nSPS) is 19.0. The Balaban J connectivity index is 1.88. The van der Waals surface area contributed by atoms with Gasteiger partial charge in [0.05, 0.1) is 20.3 Å². The summed E-state index contributed by atoms with van der Waals surface area (Å²) in [5.41, 5.74) is 6.63. The summed E-state index contributed by atoms with van der Waals surface area (Å²) in [6.07, 6.45) is 0.608. The zero-order valence-corrected chi connectivity index (χ0v) is 16.1. The molecule has 0 aliphatic carbocycles. The van der Waals surface area contributed by atoms with Crippen LogP contribution in [0.2, 0.25) is 0 Å². The number of benzene rings is 2. The molecule has 2 N–H and O–H groups in total. The Morgan fingerprint density at radius 2 is 1.81 bits per heavy atom. The van der Waals surface area contributed by atoms with Crippen LogP contribution in [0.25, 0.3) is 10.9 Å². The molecule has 1 aliphatic heterocycles. The highest BCUT2D eigenvalue weighted by Crippen LogP contribution is 2.37. The van der Waals surface area contributed by atoms with Gasteiger partial charge in [0.15, 0.2) is 0 Å². The number of hydrogen-bond donors (Lipinski definition) is 2. The second-order valence-corrected chi connectivity index (χ2v) is 7.13. The highest BCUT2D eigenvalue weighted by atomic mass is 16.5. The number of H-pyrrole nitrogens is 1. The summed E-state index contributed by atoms with van der Waals surface area (Å²) in [6, 6.07) is 12.0. The van der Waals surface area contributed by atoms with Gasteiger partial charge in [0.1, 0.15) is 11.8 Å². The van der Waals surface area contributed by atoms with Crippen molar-refractivity contribution in [3.63, 3.8) is 0 Å². The maximum absolute atomic E-state index is 12.3. The fourth-order valence-corrected chi connectivity index (χ4v) is 4.26. The Morgan fingerprint density at radius 1 is 1.11 bits per heavy atom. The molecule has 5 nitrogen and oxygen atoms in total. The Bertz CT molecular complexity index is 999. The first-order valence-corrected chi connectivity index (χ1v) is 9.12. The lowest BCUT2D eigenvalue weighted by atomic mass is 9.89. The third-order valence-corrected chi connectivity index (χ3v) is 5.42. The van der Waals surface area contributed by atoms with Crippen LogP contribution < -0.4 is 10.1 Å². The molecular formula is C22H24N2O3. The molecule has 0 radical (unpaired) electrons. The Morgan fingerprint density at radius 3 is 2.48 bits per heavy atom. The Labute approximate surface area is 158 Å². The van der Waals surface area contributed by atoms with Crippen LogP contribution in [-0.4, -0.2) is 31.2 Å². The largest absolute Gasteiger partial charge is 0.496 e. The number of fused-ring (bicyclic) bond motifs is 3. The summed E-state index contributed by atoms with van der Waals surface area (Å²) in [5.74, 6) is 0.661. The molecule has 27 heavy (non-hydrogen) atoms. The topological polar surface area (TPSA) is 63.4 Å². The molecule has 4 rings (SSSR count). The third kappa shape index (κ3) is 2.88. The number of nitrogens with one attached hydrogen (secondary N) is 2. The van der Waals surface area contributed by atoms with Gasteiger partial charge in [0.25, 0.3) is 0 Å². The molecule has 0 bridgehead atoms. The second kappa shape index (κ2) is 6.74. The van der Waals surface area contributed by atoms with E-state index in [1.165, 1.54) is 12.7 Å². The zero-order valence-electron chi connectivity index (χ0n) is 16.1. The fraction of sp³-hybridized carbons (Fsp3) is 0.318. The first kappa shape index (κ1) is 17.6. The minimum atomic E-state index is -0.380.